The van der Waals surface area contributed by atoms with Gasteiger partial charge in [-0.1, -0.05) is 72.6 Å². The summed E-state index contributed by atoms with van der Waals surface area (Å²) in [5, 5.41) is 8.23. The number of urea groups is 1. The average molecular weight is 720 g/mol. The molecule has 282 valence electrons. The largest absolute Gasteiger partial charge is 0.363 e. The molecule has 12 nitrogen and oxygen atoms in total. The molecule has 1 saturated heterocycles. The molecule has 5 fully saturated rings. The Bertz CT molecular complexity index is 1510. The van der Waals surface area contributed by atoms with Crippen molar-refractivity contribution in [1.82, 2.24) is 20.9 Å². The van der Waals surface area contributed by atoms with Crippen LogP contribution in [-0.2, 0) is 29.0 Å². The Morgan fingerprint density at radius 3 is 1.96 bits per heavy atom. The van der Waals surface area contributed by atoms with Crippen LogP contribution in [0.1, 0.15) is 132 Å². The van der Waals surface area contributed by atoms with Crippen molar-refractivity contribution in [3.8, 4) is 0 Å². The number of likely N-dealkylation sites (tertiary alicyclic amines) is 1. The van der Waals surface area contributed by atoms with Crippen LogP contribution in [0.5, 0.6) is 0 Å². The van der Waals surface area contributed by atoms with E-state index in [1.54, 1.807) is 32.6 Å². The van der Waals surface area contributed by atoms with Crippen LogP contribution in [0.3, 0.4) is 0 Å². The minimum absolute atomic E-state index is 0.0637. The smallest absolute Gasteiger partial charge is 0.315 e. The standard InChI is InChI=1S/C37H61N5O7S/c1-9-23-20-37(23,28(43)29(38)44)40-30(45)26-25-24(34(25,6)7)21-42(26)31(46)27(35(8)16-12-10-13-17-35)39-32(47)41-36(18-14-11-15-19-36)22(2)50(48,49)33(3,4)5/h22-27H,9-21H2,1-8H3,(H2,38,44)(H,40,45)(H2,39,41,47)/t22-,23+,24+,25+,26+,27-,37-/m1/s1. The first kappa shape index (κ1) is 38.5. The highest BCUT2D eigenvalue weighted by atomic mass is 32.2. The maximum absolute atomic E-state index is 14.9. The van der Waals surface area contributed by atoms with Gasteiger partial charge in [-0.3, -0.25) is 19.2 Å². The summed E-state index contributed by atoms with van der Waals surface area (Å²) in [4.78, 5) is 69.8. The molecule has 1 heterocycles. The van der Waals surface area contributed by atoms with E-state index in [9.17, 15) is 32.4 Å². The molecule has 5 aliphatic rings. The molecule has 0 radical (unpaired) electrons. The molecule has 4 saturated carbocycles. The van der Waals surface area contributed by atoms with Crippen LogP contribution < -0.4 is 21.7 Å². The van der Waals surface area contributed by atoms with Crippen LogP contribution in [0.2, 0.25) is 0 Å². The van der Waals surface area contributed by atoms with E-state index in [1.165, 1.54) is 0 Å². The van der Waals surface area contributed by atoms with Gasteiger partial charge in [0.2, 0.25) is 17.6 Å². The Labute approximate surface area is 298 Å². The van der Waals surface area contributed by atoms with E-state index in [2.05, 4.69) is 29.8 Å². The zero-order valence-electron chi connectivity index (χ0n) is 31.4. The van der Waals surface area contributed by atoms with E-state index >= 15 is 0 Å². The molecule has 13 heteroatoms. The molecule has 4 aliphatic carbocycles. The monoisotopic (exact) mass is 719 g/mol. The number of hydrogen-bond acceptors (Lipinski definition) is 7. The van der Waals surface area contributed by atoms with Crippen LogP contribution >= 0.6 is 0 Å². The fourth-order valence-corrected chi connectivity index (χ4v) is 12.0. The van der Waals surface area contributed by atoms with Gasteiger partial charge in [-0.15, -0.1) is 0 Å². The zero-order chi connectivity index (χ0) is 37.2. The topological polar surface area (TPSA) is 185 Å². The minimum Gasteiger partial charge on any atom is -0.363 e. The second kappa shape index (κ2) is 13.1. The zero-order valence-corrected chi connectivity index (χ0v) is 32.3. The van der Waals surface area contributed by atoms with Crippen LogP contribution in [-0.4, -0.2) is 82.6 Å². The second-order valence-electron chi connectivity index (χ2n) is 18.1. The van der Waals surface area contributed by atoms with Gasteiger partial charge in [0, 0.05) is 6.54 Å². The Morgan fingerprint density at radius 2 is 1.46 bits per heavy atom. The lowest BCUT2D eigenvalue weighted by atomic mass is 9.70. The predicted octanol–water partition coefficient (Wildman–Crippen LogP) is 3.75. The number of hydrogen-bond donors (Lipinski definition) is 4. The van der Waals surface area contributed by atoms with Gasteiger partial charge >= 0.3 is 6.03 Å². The van der Waals surface area contributed by atoms with Crippen molar-refractivity contribution in [2.24, 2.45) is 34.3 Å². The average Bonchev–Trinajstić information content (AvgIpc) is 3.80. The van der Waals surface area contributed by atoms with Gasteiger partial charge in [-0.05, 0) is 88.4 Å². The van der Waals surface area contributed by atoms with Crippen molar-refractivity contribution in [2.45, 2.75) is 166 Å². The van der Waals surface area contributed by atoms with Gasteiger partial charge in [0.25, 0.3) is 5.91 Å². The number of nitrogens with one attached hydrogen (secondary N) is 3. The van der Waals surface area contributed by atoms with Crippen molar-refractivity contribution < 1.29 is 32.4 Å². The third-order valence-electron chi connectivity index (χ3n) is 13.8. The molecule has 5 N–H and O–H groups in total. The van der Waals surface area contributed by atoms with Crippen molar-refractivity contribution in [3.63, 3.8) is 0 Å². The summed E-state index contributed by atoms with van der Waals surface area (Å²) in [5.41, 5.74) is 2.27. The van der Waals surface area contributed by atoms with Crippen molar-refractivity contribution >= 4 is 39.4 Å². The maximum atomic E-state index is 14.9. The summed E-state index contributed by atoms with van der Waals surface area (Å²) in [7, 11) is -3.64. The number of nitrogens with two attached hydrogens (primary N) is 1. The number of primary amides is 1. The first-order valence-corrected chi connectivity index (χ1v) is 20.4. The highest BCUT2D eigenvalue weighted by molar-refractivity contribution is 7.93. The maximum Gasteiger partial charge on any atom is 0.315 e. The second-order valence-corrected chi connectivity index (χ2v) is 21.1. The number of rotatable bonds is 11. The fourth-order valence-electron chi connectivity index (χ4n) is 10.0. The summed E-state index contributed by atoms with van der Waals surface area (Å²) in [6.07, 6.45) is 8.70. The molecular formula is C37H61N5O7S. The molecular weight excluding hydrogens is 659 g/mol. The molecule has 0 unspecified atom stereocenters. The summed E-state index contributed by atoms with van der Waals surface area (Å²) < 4.78 is 26.5. The molecule has 0 aromatic heterocycles. The molecule has 0 spiro atoms. The van der Waals surface area contributed by atoms with E-state index in [4.69, 9.17) is 5.73 Å². The highest BCUT2D eigenvalue weighted by Crippen LogP contribution is 2.65. The molecule has 0 aromatic rings. The molecule has 0 aromatic carbocycles. The molecule has 5 amide bonds. The lowest BCUT2D eigenvalue weighted by molar-refractivity contribution is -0.146. The Hall–Kier alpha value is -2.70. The number of fused-ring (bicyclic) bond motifs is 1. The number of nitrogens with zero attached hydrogens (tertiary/aromatic N) is 1. The van der Waals surface area contributed by atoms with E-state index in [1.807, 2.05) is 13.8 Å². The van der Waals surface area contributed by atoms with Gasteiger partial charge in [-0.25, -0.2) is 13.2 Å². The van der Waals surface area contributed by atoms with Crippen LogP contribution in [0.15, 0.2) is 0 Å². The summed E-state index contributed by atoms with van der Waals surface area (Å²) in [6, 6.07) is -2.41. The quantitative estimate of drug-likeness (QED) is 0.234. The number of sulfone groups is 1. The van der Waals surface area contributed by atoms with Crippen LogP contribution in [0, 0.1) is 28.6 Å². The molecule has 5 rings (SSSR count). The first-order valence-electron chi connectivity index (χ1n) is 18.9. The summed E-state index contributed by atoms with van der Waals surface area (Å²) >= 11 is 0. The molecule has 7 atom stereocenters. The Balaban J connectivity index is 1.44. The normalized spacial score (nSPS) is 32.1. The molecule has 50 heavy (non-hydrogen) atoms. The SMILES string of the molecule is CC[C@H]1C[C@]1(NC(=O)[C@@H]1[C@@H]2[C@H](CN1C(=O)[C@@H](NC(=O)NC1([C@@H](C)S(=O)(=O)C(C)(C)C)CCCCC1)C1(C)CCCCC1)C2(C)C)C(=O)C(N)=O. The van der Waals surface area contributed by atoms with E-state index in [-0.39, 0.29) is 29.1 Å². The number of amides is 5. The number of carbonyl (C=O) groups excluding carboxylic acids is 5. The van der Waals surface area contributed by atoms with Gasteiger partial charge in [0.15, 0.2) is 9.84 Å². The minimum atomic E-state index is -3.64. The van der Waals surface area contributed by atoms with E-state index in [0.29, 0.717) is 45.1 Å². The highest BCUT2D eigenvalue weighted by Gasteiger charge is 2.71. The van der Waals surface area contributed by atoms with Gasteiger partial charge < -0.3 is 26.6 Å². The summed E-state index contributed by atoms with van der Waals surface area (Å²) in [6.45, 7) is 15.1. The third kappa shape index (κ3) is 6.46. The third-order valence-corrected chi connectivity index (χ3v) is 16.8. The molecule has 0 bridgehead atoms. The van der Waals surface area contributed by atoms with Crippen molar-refractivity contribution in [2.75, 3.05) is 6.54 Å². The van der Waals surface area contributed by atoms with Gasteiger partial charge in [0.1, 0.15) is 17.6 Å². The van der Waals surface area contributed by atoms with Crippen LogP contribution in [0.25, 0.3) is 0 Å². The number of piperidine rings is 1. The predicted molar refractivity (Wildman–Crippen MR) is 190 cm³/mol. The summed E-state index contributed by atoms with van der Waals surface area (Å²) in [5.74, 6) is -3.02. The van der Waals surface area contributed by atoms with Gasteiger partial charge in [0.05, 0.1) is 15.5 Å². The van der Waals surface area contributed by atoms with E-state index in [0.717, 1.165) is 38.5 Å². The van der Waals surface area contributed by atoms with Crippen LogP contribution in [0.4, 0.5) is 4.79 Å². The van der Waals surface area contributed by atoms with Crippen molar-refractivity contribution in [1.29, 1.82) is 0 Å². The fraction of sp³-hybridized carbons (Fsp3) is 0.865. The number of Topliss-reactive ketones (excluding diaryl/α,β-unsaturated/α-hetero) is 1. The number of ketones is 1. The number of carbonyl (C=O) groups is 5. The Morgan fingerprint density at radius 1 is 0.900 bits per heavy atom. The first-order chi connectivity index (χ1) is 23.1. The van der Waals surface area contributed by atoms with Crippen molar-refractivity contribution in [3.05, 3.63) is 0 Å². The Kier molecular flexibility index (Phi) is 10.1. The van der Waals surface area contributed by atoms with E-state index < -0.39 is 72.0 Å². The lowest BCUT2D eigenvalue weighted by Gasteiger charge is -2.46. The lowest BCUT2D eigenvalue weighted by Crippen LogP contribution is -2.66. The molecule has 1 aliphatic heterocycles. The van der Waals surface area contributed by atoms with Gasteiger partial charge in [-0.2, -0.15) is 0 Å².